The van der Waals surface area contributed by atoms with Crippen LogP contribution in [0.2, 0.25) is 0 Å². The van der Waals surface area contributed by atoms with Crippen molar-refractivity contribution in [3.63, 3.8) is 0 Å². The second-order valence-corrected chi connectivity index (χ2v) is 9.26. The topological polar surface area (TPSA) is 55.8 Å². The normalized spacial score (nSPS) is 27.1. The van der Waals surface area contributed by atoms with Crippen LogP contribution in [0.1, 0.15) is 57.1 Å². The lowest BCUT2D eigenvalue weighted by Crippen LogP contribution is -2.54. The number of esters is 1. The monoisotopic (exact) mass is 497 g/mol. The fraction of sp³-hybridized carbons (Fsp3) is 0.545. The third-order valence-corrected chi connectivity index (χ3v) is 5.98. The zero-order chi connectivity index (χ0) is 20.5. The van der Waals surface area contributed by atoms with Crippen molar-refractivity contribution in [1.29, 1.82) is 0 Å². The molecule has 2 aliphatic heterocycles. The minimum Gasteiger partial charge on any atom is -0.469 e. The predicted octanol–water partition coefficient (Wildman–Crippen LogP) is 5.14. The Morgan fingerprint density at radius 2 is 1.86 bits per heavy atom. The van der Waals surface area contributed by atoms with Crippen LogP contribution in [-0.4, -0.2) is 41.8 Å². The van der Waals surface area contributed by atoms with E-state index in [1.807, 2.05) is 30.9 Å². The summed E-state index contributed by atoms with van der Waals surface area (Å²) in [6.07, 6.45) is 4.16. The van der Waals surface area contributed by atoms with Crippen LogP contribution in [0.3, 0.4) is 0 Å². The van der Waals surface area contributed by atoms with Crippen molar-refractivity contribution >= 4 is 40.7 Å². The Kier molecular flexibility index (Phi) is 6.37. The summed E-state index contributed by atoms with van der Waals surface area (Å²) in [5.74, 6) is -0.580. The number of piperidine rings is 1. The zero-order valence-electron chi connectivity index (χ0n) is 16.9. The number of fused-ring (bicyclic) bond motifs is 2. The van der Waals surface area contributed by atoms with E-state index in [9.17, 15) is 9.59 Å². The molecule has 0 aromatic heterocycles. The van der Waals surface area contributed by atoms with E-state index in [1.54, 1.807) is 4.90 Å². The van der Waals surface area contributed by atoms with Crippen LogP contribution in [0.4, 0.5) is 4.79 Å². The lowest BCUT2D eigenvalue weighted by atomic mass is 9.76. The molecule has 2 saturated heterocycles. The van der Waals surface area contributed by atoms with Gasteiger partial charge in [0, 0.05) is 18.0 Å². The largest absolute Gasteiger partial charge is 0.469 e. The van der Waals surface area contributed by atoms with Crippen LogP contribution in [0, 0.1) is 5.92 Å². The number of methoxy groups -OCH3 is 1. The molecule has 2 fully saturated rings. The first-order chi connectivity index (χ1) is 13.2. The molecule has 2 aliphatic rings. The van der Waals surface area contributed by atoms with Crippen molar-refractivity contribution in [2.75, 3.05) is 7.11 Å². The highest BCUT2D eigenvalue weighted by molar-refractivity contribution is 14.1. The molecule has 0 unspecified atom stereocenters. The van der Waals surface area contributed by atoms with E-state index in [-0.39, 0.29) is 36.0 Å². The number of carbonyl (C=O) groups is 2. The molecular formula is C22H28INO4. The Morgan fingerprint density at radius 1 is 1.18 bits per heavy atom. The molecule has 1 aromatic carbocycles. The summed E-state index contributed by atoms with van der Waals surface area (Å²) in [5, 5.41) is 0. The number of rotatable bonds is 3. The number of halogens is 1. The fourth-order valence-electron chi connectivity index (χ4n) is 4.53. The van der Waals surface area contributed by atoms with Crippen molar-refractivity contribution in [2.45, 2.75) is 63.6 Å². The molecule has 152 valence electrons. The maximum Gasteiger partial charge on any atom is 0.410 e. The van der Waals surface area contributed by atoms with Gasteiger partial charge in [-0.1, -0.05) is 46.9 Å². The summed E-state index contributed by atoms with van der Waals surface area (Å²) >= 11 is 2.20. The molecule has 0 aliphatic carbocycles. The second kappa shape index (κ2) is 8.43. The second-order valence-electron chi connectivity index (χ2n) is 8.54. The summed E-state index contributed by atoms with van der Waals surface area (Å²) in [5.41, 5.74) is 1.69. The van der Waals surface area contributed by atoms with E-state index in [0.29, 0.717) is 0 Å². The summed E-state index contributed by atoms with van der Waals surface area (Å²) in [7, 11) is 1.42. The Labute approximate surface area is 180 Å². The van der Waals surface area contributed by atoms with Gasteiger partial charge in [0.2, 0.25) is 0 Å². The number of benzene rings is 1. The van der Waals surface area contributed by atoms with E-state index < -0.39 is 5.60 Å². The highest BCUT2D eigenvalue weighted by Gasteiger charge is 2.53. The Morgan fingerprint density at radius 3 is 2.43 bits per heavy atom. The van der Waals surface area contributed by atoms with E-state index in [2.05, 4.69) is 46.9 Å². The number of carbonyl (C=O) groups excluding carboxylic acids is 2. The molecule has 0 radical (unpaired) electrons. The van der Waals surface area contributed by atoms with Crippen LogP contribution in [0.25, 0.3) is 6.08 Å². The first-order valence-electron chi connectivity index (χ1n) is 9.71. The van der Waals surface area contributed by atoms with Gasteiger partial charge in [0.1, 0.15) is 5.60 Å². The van der Waals surface area contributed by atoms with E-state index >= 15 is 0 Å². The minimum atomic E-state index is -0.559. The van der Waals surface area contributed by atoms with Crippen molar-refractivity contribution in [3.05, 3.63) is 39.5 Å². The smallest absolute Gasteiger partial charge is 0.410 e. The van der Waals surface area contributed by atoms with Crippen LogP contribution in [-0.2, 0) is 14.3 Å². The first kappa shape index (κ1) is 21.1. The van der Waals surface area contributed by atoms with Crippen LogP contribution < -0.4 is 0 Å². The standard InChI is InChI=1S/C22H28INO4/c1-22(2,3)28-21(26)24-16-9-10-18(24)19(20(25)27-4)17(13-16)15-7-5-14(6-8-15)11-12-23/h5-8,11-12,16-19H,9-10,13H2,1-4H3/b12-11-/t16-,17+,18+,19-/m0/s1. The average molecular weight is 497 g/mol. The summed E-state index contributed by atoms with van der Waals surface area (Å²) in [6, 6.07) is 8.24. The molecule has 1 aromatic rings. The molecule has 3 rings (SSSR count). The number of hydrogen-bond acceptors (Lipinski definition) is 4. The van der Waals surface area contributed by atoms with Crippen molar-refractivity contribution < 1.29 is 19.1 Å². The number of nitrogens with zero attached hydrogens (tertiary/aromatic N) is 1. The predicted molar refractivity (Wildman–Crippen MR) is 117 cm³/mol. The quantitative estimate of drug-likeness (QED) is 0.429. The lowest BCUT2D eigenvalue weighted by Gasteiger charge is -2.43. The number of hydrogen-bond donors (Lipinski definition) is 0. The van der Waals surface area contributed by atoms with Crippen molar-refractivity contribution in [3.8, 4) is 0 Å². The van der Waals surface area contributed by atoms with Crippen molar-refractivity contribution in [2.24, 2.45) is 5.92 Å². The number of amides is 1. The van der Waals surface area contributed by atoms with Gasteiger partial charge in [0.15, 0.2) is 0 Å². The molecule has 0 spiro atoms. The molecule has 5 nitrogen and oxygen atoms in total. The van der Waals surface area contributed by atoms with Crippen LogP contribution in [0.15, 0.2) is 28.3 Å². The molecule has 28 heavy (non-hydrogen) atoms. The van der Waals surface area contributed by atoms with Gasteiger partial charge in [-0.3, -0.25) is 4.79 Å². The molecule has 1 amide bonds. The molecule has 2 bridgehead atoms. The van der Waals surface area contributed by atoms with Gasteiger partial charge in [-0.25, -0.2) is 4.79 Å². The average Bonchev–Trinajstić information content (AvgIpc) is 2.95. The van der Waals surface area contributed by atoms with Gasteiger partial charge < -0.3 is 14.4 Å². The Balaban J connectivity index is 1.90. The maximum atomic E-state index is 12.8. The molecule has 0 N–H and O–H groups in total. The van der Waals surface area contributed by atoms with Gasteiger partial charge in [0.25, 0.3) is 0 Å². The Bertz CT molecular complexity index is 753. The van der Waals surface area contributed by atoms with E-state index in [4.69, 9.17) is 9.47 Å². The fourth-order valence-corrected chi connectivity index (χ4v) is 4.95. The van der Waals surface area contributed by atoms with Crippen LogP contribution in [0.5, 0.6) is 0 Å². The summed E-state index contributed by atoms with van der Waals surface area (Å²) in [4.78, 5) is 27.4. The van der Waals surface area contributed by atoms with Gasteiger partial charge in [0.05, 0.1) is 13.0 Å². The molecule has 2 heterocycles. The summed E-state index contributed by atoms with van der Waals surface area (Å²) in [6.45, 7) is 5.59. The van der Waals surface area contributed by atoms with Gasteiger partial charge >= 0.3 is 12.1 Å². The van der Waals surface area contributed by atoms with Gasteiger partial charge in [-0.05, 0) is 61.3 Å². The van der Waals surface area contributed by atoms with Gasteiger partial charge in [-0.15, -0.1) is 0 Å². The summed E-state index contributed by atoms with van der Waals surface area (Å²) < 4.78 is 12.8. The van der Waals surface area contributed by atoms with Crippen molar-refractivity contribution in [1.82, 2.24) is 4.90 Å². The Hall–Kier alpha value is -1.57. The van der Waals surface area contributed by atoms with E-state index in [1.165, 1.54) is 7.11 Å². The zero-order valence-corrected chi connectivity index (χ0v) is 19.0. The number of ether oxygens (including phenoxy) is 2. The molecule has 6 heteroatoms. The third kappa shape index (κ3) is 4.36. The highest BCUT2D eigenvalue weighted by atomic mass is 127. The van der Waals surface area contributed by atoms with E-state index in [0.717, 1.165) is 30.4 Å². The molecule has 0 saturated carbocycles. The maximum absolute atomic E-state index is 12.8. The SMILES string of the molecule is COC(=O)[C@H]1[C@@H](c2ccc(/C=C\I)cc2)C[C@@H]2CC[C@H]1N2C(=O)OC(C)(C)C. The van der Waals surface area contributed by atoms with Gasteiger partial charge in [-0.2, -0.15) is 0 Å². The lowest BCUT2D eigenvalue weighted by molar-refractivity contribution is -0.150. The highest BCUT2D eigenvalue weighted by Crippen LogP contribution is 2.48. The minimum absolute atomic E-state index is 0.0428. The molecule has 4 atom stereocenters. The third-order valence-electron chi connectivity index (χ3n) is 5.62. The van der Waals surface area contributed by atoms with Crippen LogP contribution >= 0.6 is 22.6 Å². The first-order valence-corrected chi connectivity index (χ1v) is 11.0. The molecular weight excluding hydrogens is 469 g/mol.